The smallest absolute Gasteiger partial charge is 0.260 e. The Hall–Kier alpha value is -1.59. The molecule has 0 spiro atoms. The van der Waals surface area contributed by atoms with E-state index >= 15 is 0 Å². The zero-order valence-electron chi connectivity index (χ0n) is 11.0. The van der Waals surface area contributed by atoms with E-state index in [1.165, 1.54) is 0 Å². The number of nitrogens with zero attached hydrogens (tertiary/aromatic N) is 1. The third-order valence-corrected chi connectivity index (χ3v) is 3.08. The second-order valence-corrected chi connectivity index (χ2v) is 4.50. The third-order valence-electron chi connectivity index (χ3n) is 3.08. The minimum absolute atomic E-state index is 0.0102. The van der Waals surface area contributed by atoms with Crippen LogP contribution in [-0.4, -0.2) is 48.8 Å². The van der Waals surface area contributed by atoms with Crippen molar-refractivity contribution in [2.75, 3.05) is 32.9 Å². The normalized spacial score (nSPS) is 17.1. The van der Waals surface area contributed by atoms with Crippen LogP contribution in [-0.2, 0) is 9.53 Å². The van der Waals surface area contributed by atoms with E-state index in [-0.39, 0.29) is 12.5 Å². The second-order valence-electron chi connectivity index (χ2n) is 4.50. The summed E-state index contributed by atoms with van der Waals surface area (Å²) in [5.41, 5.74) is 0.692. The zero-order valence-corrected chi connectivity index (χ0v) is 11.0. The summed E-state index contributed by atoms with van der Waals surface area (Å²) < 4.78 is 10.7. The highest BCUT2D eigenvalue weighted by Gasteiger charge is 2.18. The number of carbonyl (C=O) groups is 1. The van der Waals surface area contributed by atoms with Crippen LogP contribution < -0.4 is 4.74 Å². The van der Waals surface area contributed by atoms with Crippen LogP contribution in [0.15, 0.2) is 24.3 Å². The van der Waals surface area contributed by atoms with Gasteiger partial charge in [-0.2, -0.15) is 0 Å². The summed E-state index contributed by atoms with van der Waals surface area (Å²) in [5, 5.41) is 9.63. The number of ether oxygens (including phenoxy) is 2. The number of carbonyl (C=O) groups excluding carboxylic acids is 1. The van der Waals surface area contributed by atoms with Crippen LogP contribution in [0.5, 0.6) is 5.75 Å². The fourth-order valence-electron chi connectivity index (χ4n) is 2.00. The first kappa shape index (κ1) is 13.8. The van der Waals surface area contributed by atoms with E-state index in [0.29, 0.717) is 37.6 Å². The Morgan fingerprint density at radius 1 is 1.42 bits per heavy atom. The zero-order chi connectivity index (χ0) is 13.7. The van der Waals surface area contributed by atoms with E-state index in [4.69, 9.17) is 9.47 Å². The van der Waals surface area contributed by atoms with Gasteiger partial charge in [0.2, 0.25) is 0 Å². The van der Waals surface area contributed by atoms with Crippen LogP contribution in [0.25, 0.3) is 0 Å². The summed E-state index contributed by atoms with van der Waals surface area (Å²) in [6, 6.07) is 7.20. The van der Waals surface area contributed by atoms with Crippen molar-refractivity contribution < 1.29 is 19.4 Å². The lowest BCUT2D eigenvalue weighted by atomic mass is 10.1. The monoisotopic (exact) mass is 265 g/mol. The Morgan fingerprint density at radius 2 is 2.11 bits per heavy atom. The second kappa shape index (κ2) is 6.54. The van der Waals surface area contributed by atoms with Crippen molar-refractivity contribution in [3.8, 4) is 5.75 Å². The Kier molecular flexibility index (Phi) is 4.76. The number of para-hydroxylation sites is 1. The summed E-state index contributed by atoms with van der Waals surface area (Å²) in [6.07, 6.45) is -0.616. The van der Waals surface area contributed by atoms with Crippen molar-refractivity contribution in [2.24, 2.45) is 0 Å². The molecule has 1 aliphatic heterocycles. The SMILES string of the molecule is C[C@H](O)c1ccccc1OCC(=O)N1CCOCC1. The van der Waals surface area contributed by atoms with Gasteiger partial charge in [0.05, 0.1) is 19.3 Å². The van der Waals surface area contributed by atoms with Crippen LogP contribution >= 0.6 is 0 Å². The number of amides is 1. The molecule has 1 amide bonds. The molecule has 5 heteroatoms. The molecule has 1 aromatic carbocycles. The molecule has 104 valence electrons. The number of aliphatic hydroxyl groups excluding tert-OH is 1. The van der Waals surface area contributed by atoms with Gasteiger partial charge in [0.25, 0.3) is 5.91 Å². The maximum absolute atomic E-state index is 11.9. The Labute approximate surface area is 112 Å². The number of hydrogen-bond donors (Lipinski definition) is 1. The Bertz CT molecular complexity index is 427. The highest BCUT2D eigenvalue weighted by Crippen LogP contribution is 2.24. The van der Waals surface area contributed by atoms with Crippen LogP contribution in [0.4, 0.5) is 0 Å². The fraction of sp³-hybridized carbons (Fsp3) is 0.500. The van der Waals surface area contributed by atoms with E-state index in [9.17, 15) is 9.90 Å². The molecule has 0 radical (unpaired) electrons. The van der Waals surface area contributed by atoms with Crippen LogP contribution in [0.2, 0.25) is 0 Å². The fourth-order valence-corrected chi connectivity index (χ4v) is 2.00. The molecule has 2 rings (SSSR count). The molecular weight excluding hydrogens is 246 g/mol. The van der Waals surface area contributed by atoms with Gasteiger partial charge >= 0.3 is 0 Å². The number of benzene rings is 1. The first-order valence-corrected chi connectivity index (χ1v) is 6.44. The molecule has 1 N–H and O–H groups in total. The summed E-state index contributed by atoms with van der Waals surface area (Å²) in [6.45, 7) is 4.04. The van der Waals surface area contributed by atoms with Crippen molar-refractivity contribution in [1.29, 1.82) is 0 Å². The summed E-state index contributed by atoms with van der Waals surface area (Å²) in [7, 11) is 0. The van der Waals surface area contributed by atoms with Gasteiger partial charge in [0, 0.05) is 18.7 Å². The molecule has 0 bridgehead atoms. The molecule has 19 heavy (non-hydrogen) atoms. The highest BCUT2D eigenvalue weighted by atomic mass is 16.5. The van der Waals surface area contributed by atoms with Gasteiger partial charge in [-0.3, -0.25) is 4.79 Å². The number of morpholine rings is 1. The first-order chi connectivity index (χ1) is 9.18. The predicted octanol–water partition coefficient (Wildman–Crippen LogP) is 0.978. The molecule has 5 nitrogen and oxygen atoms in total. The molecule has 1 aliphatic rings. The van der Waals surface area contributed by atoms with E-state index in [1.54, 1.807) is 24.0 Å². The van der Waals surface area contributed by atoms with Crippen molar-refractivity contribution in [3.63, 3.8) is 0 Å². The van der Waals surface area contributed by atoms with Crippen molar-refractivity contribution in [2.45, 2.75) is 13.0 Å². The van der Waals surface area contributed by atoms with Gasteiger partial charge < -0.3 is 19.5 Å². The third kappa shape index (κ3) is 3.68. The standard InChI is InChI=1S/C14H19NO4/c1-11(16)12-4-2-3-5-13(12)19-10-14(17)15-6-8-18-9-7-15/h2-5,11,16H,6-10H2,1H3/t11-/m0/s1. The largest absolute Gasteiger partial charge is 0.483 e. The average Bonchev–Trinajstić information content (AvgIpc) is 2.46. The maximum atomic E-state index is 11.9. The van der Waals surface area contributed by atoms with Crippen LogP contribution in [0.1, 0.15) is 18.6 Å². The summed E-state index contributed by atoms with van der Waals surface area (Å²) in [4.78, 5) is 13.7. The van der Waals surface area contributed by atoms with E-state index in [0.717, 1.165) is 0 Å². The number of hydrogen-bond acceptors (Lipinski definition) is 4. The predicted molar refractivity (Wildman–Crippen MR) is 70.0 cm³/mol. The molecule has 1 saturated heterocycles. The van der Waals surface area contributed by atoms with Gasteiger partial charge in [-0.05, 0) is 13.0 Å². The molecule has 0 unspecified atom stereocenters. The maximum Gasteiger partial charge on any atom is 0.260 e. The molecule has 1 atom stereocenters. The average molecular weight is 265 g/mol. The molecule has 0 aromatic heterocycles. The van der Waals surface area contributed by atoms with Crippen molar-refractivity contribution >= 4 is 5.91 Å². The number of aliphatic hydroxyl groups is 1. The van der Waals surface area contributed by atoms with Gasteiger partial charge in [0.1, 0.15) is 5.75 Å². The van der Waals surface area contributed by atoms with E-state index in [1.807, 2.05) is 12.1 Å². The summed E-state index contributed by atoms with van der Waals surface area (Å²) >= 11 is 0. The first-order valence-electron chi connectivity index (χ1n) is 6.44. The molecule has 1 aromatic rings. The molecule has 1 fully saturated rings. The molecule has 1 heterocycles. The van der Waals surface area contributed by atoms with Crippen molar-refractivity contribution in [3.05, 3.63) is 29.8 Å². The molecular formula is C14H19NO4. The lowest BCUT2D eigenvalue weighted by Crippen LogP contribution is -2.43. The Morgan fingerprint density at radius 3 is 2.79 bits per heavy atom. The summed E-state index contributed by atoms with van der Waals surface area (Å²) in [5.74, 6) is 0.503. The van der Waals surface area contributed by atoms with Crippen molar-refractivity contribution in [1.82, 2.24) is 4.90 Å². The highest BCUT2D eigenvalue weighted by molar-refractivity contribution is 5.77. The van der Waals surface area contributed by atoms with Gasteiger partial charge in [-0.25, -0.2) is 0 Å². The number of rotatable bonds is 4. The minimum atomic E-state index is -0.616. The van der Waals surface area contributed by atoms with E-state index in [2.05, 4.69) is 0 Å². The van der Waals surface area contributed by atoms with Gasteiger partial charge in [-0.15, -0.1) is 0 Å². The lowest BCUT2D eigenvalue weighted by molar-refractivity contribution is -0.137. The van der Waals surface area contributed by atoms with Gasteiger partial charge in [0.15, 0.2) is 6.61 Å². The van der Waals surface area contributed by atoms with E-state index < -0.39 is 6.10 Å². The van der Waals surface area contributed by atoms with Crippen LogP contribution in [0, 0.1) is 0 Å². The minimum Gasteiger partial charge on any atom is -0.483 e. The van der Waals surface area contributed by atoms with Crippen LogP contribution in [0.3, 0.4) is 0 Å². The topological polar surface area (TPSA) is 59.0 Å². The molecule has 0 saturated carbocycles. The van der Waals surface area contributed by atoms with Gasteiger partial charge in [-0.1, -0.05) is 18.2 Å². The quantitative estimate of drug-likeness (QED) is 0.881. The molecule has 0 aliphatic carbocycles. The Balaban J connectivity index is 1.93. The lowest BCUT2D eigenvalue weighted by Gasteiger charge is -2.26.